The van der Waals surface area contributed by atoms with Crippen molar-refractivity contribution >= 4 is 5.91 Å². The highest BCUT2D eigenvalue weighted by Crippen LogP contribution is 2.29. The molecule has 0 spiro atoms. The molecule has 92 valence electrons. The van der Waals surface area contributed by atoms with Gasteiger partial charge in [0.15, 0.2) is 0 Å². The number of hydrogen-bond acceptors (Lipinski definition) is 2. The maximum Gasteiger partial charge on any atom is 0.416 e. The van der Waals surface area contributed by atoms with Crippen LogP contribution in [-0.4, -0.2) is 30.7 Å². The molecular formula is C11H10F3NO2. The molecule has 1 saturated heterocycles. The maximum absolute atomic E-state index is 12.3. The van der Waals surface area contributed by atoms with Crippen LogP contribution in [-0.2, 0) is 10.9 Å². The molecule has 6 heteroatoms. The van der Waals surface area contributed by atoms with Gasteiger partial charge in [-0.15, -0.1) is 0 Å². The fourth-order valence-corrected chi connectivity index (χ4v) is 1.56. The Labute approximate surface area is 95.8 Å². The number of amides is 1. The summed E-state index contributed by atoms with van der Waals surface area (Å²) in [6, 6.07) is 4.18. The third-order valence-electron chi connectivity index (χ3n) is 2.50. The van der Waals surface area contributed by atoms with E-state index in [9.17, 15) is 18.0 Å². The quantitative estimate of drug-likeness (QED) is 0.758. The average molecular weight is 245 g/mol. The fourth-order valence-electron chi connectivity index (χ4n) is 1.56. The minimum Gasteiger partial charge on any atom is -0.359 e. The number of rotatable bonds is 1. The van der Waals surface area contributed by atoms with E-state index in [0.29, 0.717) is 13.2 Å². The Morgan fingerprint density at radius 1 is 1.24 bits per heavy atom. The van der Waals surface area contributed by atoms with E-state index in [-0.39, 0.29) is 18.2 Å². The molecule has 0 aliphatic carbocycles. The minimum atomic E-state index is -4.38. The smallest absolute Gasteiger partial charge is 0.359 e. The second-order valence-corrected chi connectivity index (χ2v) is 3.68. The summed E-state index contributed by atoms with van der Waals surface area (Å²) in [5.74, 6) is -0.309. The van der Waals surface area contributed by atoms with Gasteiger partial charge in [0.2, 0.25) is 0 Å². The van der Waals surface area contributed by atoms with Crippen molar-refractivity contribution in [2.24, 2.45) is 0 Å². The van der Waals surface area contributed by atoms with Crippen LogP contribution in [0.5, 0.6) is 0 Å². The van der Waals surface area contributed by atoms with Gasteiger partial charge in [0.1, 0.15) is 6.73 Å². The number of carbonyl (C=O) groups excluding carboxylic acids is 1. The SMILES string of the molecule is O=C(c1ccc(C(F)(F)F)cc1)N1CCOC1. The molecule has 1 heterocycles. The second-order valence-electron chi connectivity index (χ2n) is 3.68. The zero-order valence-corrected chi connectivity index (χ0v) is 8.83. The third-order valence-corrected chi connectivity index (χ3v) is 2.50. The molecule has 0 atom stereocenters. The standard InChI is InChI=1S/C11H10F3NO2/c12-11(13,14)9-3-1-8(2-4-9)10(16)15-5-6-17-7-15/h1-4H,5-7H2. The molecule has 1 aromatic carbocycles. The van der Waals surface area contributed by atoms with Crippen LogP contribution in [0.4, 0.5) is 13.2 Å². The number of ether oxygens (including phenoxy) is 1. The normalized spacial score (nSPS) is 16.3. The van der Waals surface area contributed by atoms with E-state index in [1.165, 1.54) is 17.0 Å². The van der Waals surface area contributed by atoms with E-state index in [0.717, 1.165) is 12.1 Å². The van der Waals surface area contributed by atoms with Crippen molar-refractivity contribution < 1.29 is 22.7 Å². The molecule has 1 aliphatic rings. The van der Waals surface area contributed by atoms with Gasteiger partial charge in [0.05, 0.1) is 12.2 Å². The van der Waals surface area contributed by atoms with E-state index in [1.807, 2.05) is 0 Å². The molecule has 1 fully saturated rings. The highest BCUT2D eigenvalue weighted by molar-refractivity contribution is 5.94. The zero-order valence-electron chi connectivity index (χ0n) is 8.83. The Hall–Kier alpha value is -1.56. The molecule has 0 saturated carbocycles. The maximum atomic E-state index is 12.3. The van der Waals surface area contributed by atoms with Crippen molar-refractivity contribution in [1.82, 2.24) is 4.90 Å². The zero-order chi connectivity index (χ0) is 12.5. The van der Waals surface area contributed by atoms with Gasteiger partial charge in [-0.25, -0.2) is 0 Å². The topological polar surface area (TPSA) is 29.5 Å². The van der Waals surface area contributed by atoms with Crippen LogP contribution >= 0.6 is 0 Å². The minimum absolute atomic E-state index is 0.194. The van der Waals surface area contributed by atoms with Crippen molar-refractivity contribution in [3.63, 3.8) is 0 Å². The van der Waals surface area contributed by atoms with Gasteiger partial charge in [-0.3, -0.25) is 4.79 Å². The van der Waals surface area contributed by atoms with E-state index < -0.39 is 11.7 Å². The van der Waals surface area contributed by atoms with Gasteiger partial charge in [-0.2, -0.15) is 13.2 Å². The summed E-state index contributed by atoms with van der Waals surface area (Å²) in [6.07, 6.45) is -4.38. The molecule has 0 N–H and O–H groups in total. The van der Waals surface area contributed by atoms with Crippen LogP contribution in [0.25, 0.3) is 0 Å². The number of benzene rings is 1. The Morgan fingerprint density at radius 2 is 1.88 bits per heavy atom. The first-order valence-corrected chi connectivity index (χ1v) is 5.03. The van der Waals surface area contributed by atoms with Gasteiger partial charge in [-0.1, -0.05) is 0 Å². The molecule has 0 aromatic heterocycles. The Morgan fingerprint density at radius 3 is 2.35 bits per heavy atom. The number of alkyl halides is 3. The summed E-state index contributed by atoms with van der Waals surface area (Å²) in [5.41, 5.74) is -0.518. The first-order valence-electron chi connectivity index (χ1n) is 5.03. The molecular weight excluding hydrogens is 235 g/mol. The summed E-state index contributed by atoms with van der Waals surface area (Å²) in [5, 5.41) is 0. The summed E-state index contributed by atoms with van der Waals surface area (Å²) in [6.45, 7) is 1.13. The predicted octanol–water partition coefficient (Wildman–Crippen LogP) is 2.14. The van der Waals surface area contributed by atoms with E-state index in [1.54, 1.807) is 0 Å². The van der Waals surface area contributed by atoms with Crippen molar-refractivity contribution in [3.05, 3.63) is 35.4 Å². The van der Waals surface area contributed by atoms with Gasteiger partial charge in [0, 0.05) is 12.1 Å². The summed E-state index contributed by atoms with van der Waals surface area (Å²) >= 11 is 0. The van der Waals surface area contributed by atoms with Crippen LogP contribution in [0.15, 0.2) is 24.3 Å². The molecule has 17 heavy (non-hydrogen) atoms. The molecule has 1 aliphatic heterocycles. The van der Waals surface area contributed by atoms with Gasteiger partial charge < -0.3 is 9.64 Å². The molecule has 0 unspecified atom stereocenters. The first kappa shape index (κ1) is 11.9. The van der Waals surface area contributed by atoms with Crippen molar-refractivity contribution in [3.8, 4) is 0 Å². The van der Waals surface area contributed by atoms with Gasteiger partial charge in [0.25, 0.3) is 5.91 Å². The van der Waals surface area contributed by atoms with Crippen LogP contribution < -0.4 is 0 Å². The lowest BCUT2D eigenvalue weighted by molar-refractivity contribution is -0.137. The molecule has 2 rings (SSSR count). The van der Waals surface area contributed by atoms with Crippen LogP contribution in [0.2, 0.25) is 0 Å². The van der Waals surface area contributed by atoms with Crippen molar-refractivity contribution in [2.45, 2.75) is 6.18 Å². The monoisotopic (exact) mass is 245 g/mol. The second kappa shape index (κ2) is 4.37. The van der Waals surface area contributed by atoms with E-state index >= 15 is 0 Å². The van der Waals surface area contributed by atoms with Gasteiger partial charge >= 0.3 is 6.18 Å². The van der Waals surface area contributed by atoms with Crippen molar-refractivity contribution in [1.29, 1.82) is 0 Å². The fraction of sp³-hybridized carbons (Fsp3) is 0.364. The summed E-state index contributed by atoms with van der Waals surface area (Å²) in [7, 11) is 0. The summed E-state index contributed by atoms with van der Waals surface area (Å²) in [4.78, 5) is 13.2. The van der Waals surface area contributed by atoms with Gasteiger partial charge in [-0.05, 0) is 24.3 Å². The van der Waals surface area contributed by atoms with E-state index in [4.69, 9.17) is 4.74 Å². The van der Waals surface area contributed by atoms with E-state index in [2.05, 4.69) is 0 Å². The van der Waals surface area contributed by atoms with Crippen molar-refractivity contribution in [2.75, 3.05) is 19.9 Å². The molecule has 1 amide bonds. The molecule has 0 bridgehead atoms. The molecule has 0 radical (unpaired) electrons. The highest BCUT2D eigenvalue weighted by Gasteiger charge is 2.30. The Balaban J connectivity index is 2.15. The summed E-state index contributed by atoms with van der Waals surface area (Å²) < 4.78 is 41.9. The Bertz CT molecular complexity index is 408. The Kier molecular flexibility index (Phi) is 3.06. The number of hydrogen-bond donors (Lipinski definition) is 0. The lowest BCUT2D eigenvalue weighted by Gasteiger charge is -2.14. The lowest BCUT2D eigenvalue weighted by atomic mass is 10.1. The largest absolute Gasteiger partial charge is 0.416 e. The molecule has 3 nitrogen and oxygen atoms in total. The van der Waals surface area contributed by atoms with Crippen LogP contribution in [0.1, 0.15) is 15.9 Å². The number of halogens is 3. The number of carbonyl (C=O) groups is 1. The van der Waals surface area contributed by atoms with Crippen LogP contribution in [0, 0.1) is 0 Å². The average Bonchev–Trinajstić information content (AvgIpc) is 2.80. The lowest BCUT2D eigenvalue weighted by Crippen LogP contribution is -2.28. The molecule has 1 aromatic rings. The highest BCUT2D eigenvalue weighted by atomic mass is 19.4. The third kappa shape index (κ3) is 2.58. The number of nitrogens with zero attached hydrogens (tertiary/aromatic N) is 1. The first-order chi connectivity index (χ1) is 7.98. The predicted molar refractivity (Wildman–Crippen MR) is 53.3 cm³/mol. The van der Waals surface area contributed by atoms with Crippen LogP contribution in [0.3, 0.4) is 0 Å².